The predicted octanol–water partition coefficient (Wildman–Crippen LogP) is 5.02. The number of fused-ring (bicyclic) bond motifs is 1. The van der Waals surface area contributed by atoms with Gasteiger partial charge in [0, 0.05) is 24.2 Å². The Kier molecular flexibility index (Phi) is 5.56. The van der Waals surface area contributed by atoms with E-state index in [9.17, 15) is 13.6 Å². The van der Waals surface area contributed by atoms with Gasteiger partial charge in [-0.25, -0.2) is 13.8 Å². The van der Waals surface area contributed by atoms with Gasteiger partial charge in [-0.2, -0.15) is 0 Å². The molecule has 7 heteroatoms. The molecule has 1 fully saturated rings. The van der Waals surface area contributed by atoms with Gasteiger partial charge in [0.2, 0.25) is 0 Å². The van der Waals surface area contributed by atoms with Crippen LogP contribution in [0.5, 0.6) is 0 Å². The van der Waals surface area contributed by atoms with Crippen molar-refractivity contribution in [2.24, 2.45) is 0 Å². The molecule has 2 atom stereocenters. The Hall–Kier alpha value is -3.35. The van der Waals surface area contributed by atoms with E-state index in [2.05, 4.69) is 40.1 Å². The number of anilines is 1. The Labute approximate surface area is 191 Å². The zero-order valence-corrected chi connectivity index (χ0v) is 18.7. The molecule has 33 heavy (non-hydrogen) atoms. The van der Waals surface area contributed by atoms with E-state index in [-0.39, 0.29) is 23.7 Å². The summed E-state index contributed by atoms with van der Waals surface area (Å²) >= 11 is 0. The van der Waals surface area contributed by atoms with Crippen molar-refractivity contribution in [3.05, 3.63) is 76.7 Å². The molecule has 1 amide bonds. The Morgan fingerprint density at radius 3 is 2.45 bits per heavy atom. The highest BCUT2D eigenvalue weighted by atomic mass is 19.1. The van der Waals surface area contributed by atoms with Gasteiger partial charge in [0.05, 0.1) is 40.9 Å². The van der Waals surface area contributed by atoms with Crippen LogP contribution in [0.15, 0.2) is 42.6 Å². The molecule has 3 aromatic rings. The third-order valence-electron chi connectivity index (χ3n) is 6.71. The first-order chi connectivity index (χ1) is 15.9. The van der Waals surface area contributed by atoms with Crippen molar-refractivity contribution >= 4 is 11.6 Å². The number of piperidine rings is 1. The number of halogens is 2. The fourth-order valence-electron chi connectivity index (χ4n) is 5.12. The van der Waals surface area contributed by atoms with Gasteiger partial charge < -0.3 is 10.2 Å². The molecule has 0 unspecified atom stereocenters. The molecule has 1 saturated heterocycles. The molecule has 5 rings (SSSR count). The molecular formula is C26H26F2N4O. The normalized spacial score (nSPS) is 20.0. The van der Waals surface area contributed by atoms with Crippen molar-refractivity contribution in [1.82, 2.24) is 15.3 Å². The standard InChI is InChI=1S/C26H26F2N4O/c1-15-5-3-6-16(2)32(15)19-10-9-18(29-13-19)11-17-12-22(25-20(27)7-4-8-21(25)28)31-23-14-30-26(33)24(17)23/h4,7-10,12-13,15-16H,3,5-6,11,14H2,1-2H3,(H,30,33)/t15-,16-/m1/s1. The molecule has 2 aliphatic heterocycles. The van der Waals surface area contributed by atoms with E-state index < -0.39 is 11.6 Å². The van der Waals surface area contributed by atoms with Crippen LogP contribution in [0.25, 0.3) is 11.3 Å². The molecule has 1 aromatic carbocycles. The lowest BCUT2D eigenvalue weighted by Gasteiger charge is -2.40. The van der Waals surface area contributed by atoms with Crippen LogP contribution in [0.4, 0.5) is 14.5 Å². The SMILES string of the molecule is C[C@@H]1CCC[C@@H](C)N1c1ccc(Cc2cc(-c3c(F)cccc3F)nc3c2C(=O)NC3)nc1. The summed E-state index contributed by atoms with van der Waals surface area (Å²) in [7, 11) is 0. The maximum absolute atomic E-state index is 14.4. The largest absolute Gasteiger partial charge is 0.365 e. The molecule has 5 nitrogen and oxygen atoms in total. The number of benzene rings is 1. The monoisotopic (exact) mass is 448 g/mol. The molecule has 2 aromatic heterocycles. The average Bonchev–Trinajstić information content (AvgIpc) is 3.16. The second kappa shape index (κ2) is 8.54. The van der Waals surface area contributed by atoms with E-state index in [1.54, 1.807) is 6.07 Å². The number of aromatic nitrogens is 2. The molecular weight excluding hydrogens is 422 g/mol. The third kappa shape index (κ3) is 3.96. The first-order valence-electron chi connectivity index (χ1n) is 11.4. The van der Waals surface area contributed by atoms with Crippen molar-refractivity contribution in [3.63, 3.8) is 0 Å². The van der Waals surface area contributed by atoms with Crippen LogP contribution < -0.4 is 10.2 Å². The molecule has 0 radical (unpaired) electrons. The minimum Gasteiger partial charge on any atom is -0.365 e. The fourth-order valence-corrected chi connectivity index (χ4v) is 5.12. The summed E-state index contributed by atoms with van der Waals surface area (Å²) in [6.45, 7) is 4.72. The number of carbonyl (C=O) groups excluding carboxylic acids is 1. The van der Waals surface area contributed by atoms with Crippen LogP contribution in [0, 0.1) is 11.6 Å². The third-order valence-corrected chi connectivity index (χ3v) is 6.71. The Bertz CT molecular complexity index is 1180. The quantitative estimate of drug-likeness (QED) is 0.609. The van der Waals surface area contributed by atoms with Gasteiger partial charge in [0.25, 0.3) is 5.91 Å². The summed E-state index contributed by atoms with van der Waals surface area (Å²) in [6, 6.07) is 10.3. The fraction of sp³-hybridized carbons (Fsp3) is 0.346. The van der Waals surface area contributed by atoms with Crippen molar-refractivity contribution < 1.29 is 13.6 Å². The van der Waals surface area contributed by atoms with Gasteiger partial charge in [-0.1, -0.05) is 6.07 Å². The van der Waals surface area contributed by atoms with E-state index in [0.29, 0.717) is 35.3 Å². The molecule has 0 bridgehead atoms. The van der Waals surface area contributed by atoms with E-state index in [0.717, 1.165) is 11.4 Å². The van der Waals surface area contributed by atoms with Gasteiger partial charge in [-0.15, -0.1) is 0 Å². The lowest BCUT2D eigenvalue weighted by Crippen LogP contribution is -2.43. The number of rotatable bonds is 4. The molecule has 1 N–H and O–H groups in total. The first kappa shape index (κ1) is 21.5. The Morgan fingerprint density at radius 2 is 1.79 bits per heavy atom. The van der Waals surface area contributed by atoms with Crippen molar-refractivity contribution in [1.29, 1.82) is 0 Å². The second-order valence-electron chi connectivity index (χ2n) is 8.99. The van der Waals surface area contributed by atoms with Gasteiger partial charge in [-0.3, -0.25) is 9.78 Å². The van der Waals surface area contributed by atoms with Gasteiger partial charge >= 0.3 is 0 Å². The number of nitrogens with one attached hydrogen (secondary N) is 1. The lowest BCUT2D eigenvalue weighted by molar-refractivity contribution is 0.0965. The van der Waals surface area contributed by atoms with Crippen LogP contribution in [0.2, 0.25) is 0 Å². The van der Waals surface area contributed by atoms with Crippen molar-refractivity contribution in [2.45, 2.75) is 58.2 Å². The zero-order chi connectivity index (χ0) is 23.1. The minimum atomic E-state index is -0.682. The van der Waals surface area contributed by atoms with Crippen LogP contribution in [0.3, 0.4) is 0 Å². The lowest BCUT2D eigenvalue weighted by atomic mass is 9.96. The van der Waals surface area contributed by atoms with E-state index in [1.807, 2.05) is 12.3 Å². The second-order valence-corrected chi connectivity index (χ2v) is 8.99. The highest BCUT2D eigenvalue weighted by Gasteiger charge is 2.28. The maximum atomic E-state index is 14.4. The molecule has 2 aliphatic rings. The van der Waals surface area contributed by atoms with Gasteiger partial charge in [0.15, 0.2) is 0 Å². The number of amides is 1. The maximum Gasteiger partial charge on any atom is 0.253 e. The molecule has 0 aliphatic carbocycles. The molecule has 170 valence electrons. The van der Waals surface area contributed by atoms with Crippen molar-refractivity contribution in [2.75, 3.05) is 4.90 Å². The summed E-state index contributed by atoms with van der Waals surface area (Å²) < 4.78 is 28.9. The smallest absolute Gasteiger partial charge is 0.253 e. The highest BCUT2D eigenvalue weighted by molar-refractivity contribution is 5.99. The van der Waals surface area contributed by atoms with Crippen molar-refractivity contribution in [3.8, 4) is 11.3 Å². The number of carbonyl (C=O) groups is 1. The number of nitrogens with zero attached hydrogens (tertiary/aromatic N) is 3. The van der Waals surface area contributed by atoms with Gasteiger partial charge in [-0.05, 0) is 69.0 Å². The van der Waals surface area contributed by atoms with Gasteiger partial charge in [0.1, 0.15) is 11.6 Å². The zero-order valence-electron chi connectivity index (χ0n) is 18.7. The predicted molar refractivity (Wildman–Crippen MR) is 123 cm³/mol. The summed E-state index contributed by atoms with van der Waals surface area (Å²) in [5.74, 6) is -1.59. The molecule has 4 heterocycles. The first-order valence-corrected chi connectivity index (χ1v) is 11.4. The average molecular weight is 449 g/mol. The summed E-state index contributed by atoms with van der Waals surface area (Å²) in [4.78, 5) is 23.9. The van der Waals surface area contributed by atoms with Crippen LogP contribution in [0.1, 0.15) is 60.4 Å². The number of hydrogen-bond donors (Lipinski definition) is 1. The minimum absolute atomic E-state index is 0.183. The van der Waals surface area contributed by atoms with Crippen LogP contribution >= 0.6 is 0 Å². The van der Waals surface area contributed by atoms with Crippen LogP contribution in [-0.4, -0.2) is 28.0 Å². The summed E-state index contributed by atoms with van der Waals surface area (Å²) in [5.41, 5.74) is 3.50. The van der Waals surface area contributed by atoms with E-state index in [4.69, 9.17) is 0 Å². The van der Waals surface area contributed by atoms with E-state index >= 15 is 0 Å². The number of pyridine rings is 2. The number of hydrogen-bond acceptors (Lipinski definition) is 4. The topological polar surface area (TPSA) is 58.1 Å². The highest BCUT2D eigenvalue weighted by Crippen LogP contribution is 2.31. The molecule has 0 saturated carbocycles. The molecule has 0 spiro atoms. The van der Waals surface area contributed by atoms with E-state index in [1.165, 1.54) is 37.5 Å². The Morgan fingerprint density at radius 1 is 1.06 bits per heavy atom. The summed E-state index contributed by atoms with van der Waals surface area (Å²) in [5, 5.41) is 2.76. The van der Waals surface area contributed by atoms with Crippen LogP contribution in [-0.2, 0) is 13.0 Å². The summed E-state index contributed by atoms with van der Waals surface area (Å²) in [6.07, 6.45) is 5.82. The Balaban J connectivity index is 1.49.